The van der Waals surface area contributed by atoms with Crippen molar-refractivity contribution >= 4 is 0 Å². The highest BCUT2D eigenvalue weighted by molar-refractivity contribution is 5.27. The molecule has 1 rings (SSSR count). The van der Waals surface area contributed by atoms with Crippen molar-refractivity contribution in [2.24, 2.45) is 0 Å². The van der Waals surface area contributed by atoms with E-state index >= 15 is 0 Å². The maximum Gasteiger partial charge on any atom is 0.119 e. The molecule has 0 aromatic heterocycles. The van der Waals surface area contributed by atoms with Crippen LogP contribution in [0, 0.1) is 0 Å². The second-order valence-corrected chi connectivity index (χ2v) is 12.3. The second-order valence-electron chi connectivity index (χ2n) is 12.3. The number of rotatable bonds is 46. The number of benzene rings is 1. The third kappa shape index (κ3) is 38.8. The summed E-state index contributed by atoms with van der Waals surface area (Å²) in [5.41, 5.74) is 1.38. The van der Waals surface area contributed by atoms with E-state index in [4.69, 9.17) is 61.6 Å². The standard InChI is InChI=1S/C41H76O13/c1-3-5-6-7-8-9-10-11-40-12-14-41(15-13-40)54-39-38-53-37-36-52-35-34-51-33-32-50-31-30-49-29-28-48-27-26-47-25-24-46-23-22-45-21-20-44-19-18-43-17-16-42-4-2/h12-15H,3-11,16-39H2,1-2H3. The highest BCUT2D eigenvalue weighted by Gasteiger charge is 1.99. The number of hydrogen-bond acceptors (Lipinski definition) is 13. The maximum absolute atomic E-state index is 5.79. The van der Waals surface area contributed by atoms with Gasteiger partial charge in [-0.3, -0.25) is 0 Å². The van der Waals surface area contributed by atoms with Gasteiger partial charge in [0.25, 0.3) is 0 Å². The van der Waals surface area contributed by atoms with Crippen LogP contribution < -0.4 is 4.74 Å². The highest BCUT2D eigenvalue weighted by Crippen LogP contribution is 2.15. The first kappa shape index (κ1) is 50.6. The number of unbranched alkanes of at least 4 members (excludes halogenated alkanes) is 6. The Labute approximate surface area is 327 Å². The van der Waals surface area contributed by atoms with Gasteiger partial charge in [-0.1, -0.05) is 57.6 Å². The van der Waals surface area contributed by atoms with Crippen LogP contribution in [-0.4, -0.2) is 165 Å². The monoisotopic (exact) mass is 777 g/mol. The van der Waals surface area contributed by atoms with Crippen LogP contribution in [0.15, 0.2) is 24.3 Å². The van der Waals surface area contributed by atoms with Crippen molar-refractivity contribution in [3.05, 3.63) is 29.8 Å². The Morgan fingerprint density at radius 3 is 0.889 bits per heavy atom. The molecule has 0 saturated heterocycles. The first-order chi connectivity index (χ1) is 26.9. The van der Waals surface area contributed by atoms with Gasteiger partial charge in [-0.2, -0.15) is 0 Å². The van der Waals surface area contributed by atoms with Crippen molar-refractivity contribution in [3.63, 3.8) is 0 Å². The second kappa shape index (κ2) is 44.3. The van der Waals surface area contributed by atoms with Gasteiger partial charge in [-0.15, -0.1) is 0 Å². The van der Waals surface area contributed by atoms with E-state index in [-0.39, 0.29) is 0 Å². The van der Waals surface area contributed by atoms with E-state index < -0.39 is 0 Å². The van der Waals surface area contributed by atoms with E-state index in [1.165, 1.54) is 50.5 Å². The predicted octanol–water partition coefficient (Wildman–Crippen LogP) is 5.58. The molecular weight excluding hydrogens is 700 g/mol. The van der Waals surface area contributed by atoms with E-state index in [0.717, 1.165) is 12.2 Å². The van der Waals surface area contributed by atoms with Crippen molar-refractivity contribution in [3.8, 4) is 5.75 Å². The molecule has 0 fully saturated rings. The normalized spacial score (nSPS) is 11.5. The van der Waals surface area contributed by atoms with Crippen LogP contribution in [0.5, 0.6) is 5.75 Å². The van der Waals surface area contributed by atoms with E-state index in [2.05, 4.69) is 31.2 Å². The molecule has 0 spiro atoms. The van der Waals surface area contributed by atoms with Crippen molar-refractivity contribution in [1.82, 2.24) is 0 Å². The van der Waals surface area contributed by atoms with Gasteiger partial charge >= 0.3 is 0 Å². The summed E-state index contributed by atoms with van der Waals surface area (Å²) in [6.45, 7) is 17.7. The molecule has 0 saturated carbocycles. The van der Waals surface area contributed by atoms with Crippen molar-refractivity contribution in [1.29, 1.82) is 0 Å². The van der Waals surface area contributed by atoms with Crippen molar-refractivity contribution < 1.29 is 61.6 Å². The van der Waals surface area contributed by atoms with Gasteiger partial charge in [0.1, 0.15) is 12.4 Å². The highest BCUT2D eigenvalue weighted by atomic mass is 16.6. The molecule has 13 heteroatoms. The molecular formula is C41H76O13. The summed E-state index contributed by atoms with van der Waals surface area (Å²) in [4.78, 5) is 0. The minimum atomic E-state index is 0.511. The average Bonchev–Trinajstić information content (AvgIpc) is 3.19. The molecule has 0 aliphatic rings. The Hall–Kier alpha value is -1.46. The van der Waals surface area contributed by atoms with Gasteiger partial charge < -0.3 is 61.6 Å². The zero-order chi connectivity index (χ0) is 38.5. The smallest absolute Gasteiger partial charge is 0.119 e. The minimum absolute atomic E-state index is 0.511. The Balaban J connectivity index is 1.67. The van der Waals surface area contributed by atoms with E-state index in [0.29, 0.717) is 165 Å². The molecule has 0 unspecified atom stereocenters. The summed E-state index contributed by atoms with van der Waals surface area (Å²) < 4.78 is 71.4. The van der Waals surface area contributed by atoms with E-state index in [1.807, 2.05) is 6.92 Å². The topological polar surface area (TPSA) is 120 Å². The largest absolute Gasteiger partial charge is 0.491 e. The fraction of sp³-hybridized carbons (Fsp3) is 0.854. The first-order valence-corrected chi connectivity index (χ1v) is 20.5. The average molecular weight is 777 g/mol. The lowest BCUT2D eigenvalue weighted by Crippen LogP contribution is -2.15. The molecule has 13 nitrogen and oxygen atoms in total. The summed E-state index contributed by atoms with van der Waals surface area (Å²) in [6.07, 6.45) is 10.5. The Bertz CT molecular complexity index is 834. The van der Waals surface area contributed by atoms with Crippen LogP contribution in [0.3, 0.4) is 0 Å². The summed E-state index contributed by atoms with van der Waals surface area (Å²) in [5.74, 6) is 0.887. The maximum atomic E-state index is 5.79. The summed E-state index contributed by atoms with van der Waals surface area (Å²) in [6, 6.07) is 8.46. The molecule has 0 heterocycles. The van der Waals surface area contributed by atoms with Gasteiger partial charge in [0, 0.05) is 6.61 Å². The molecule has 0 amide bonds. The lowest BCUT2D eigenvalue weighted by atomic mass is 10.0. The molecule has 0 radical (unpaired) electrons. The van der Waals surface area contributed by atoms with Crippen LogP contribution in [-0.2, 0) is 63.3 Å². The molecule has 1 aromatic carbocycles. The molecule has 318 valence electrons. The Morgan fingerprint density at radius 1 is 0.296 bits per heavy atom. The fourth-order valence-corrected chi connectivity index (χ4v) is 4.82. The van der Waals surface area contributed by atoms with Gasteiger partial charge in [0.05, 0.1) is 152 Å². The number of ether oxygens (including phenoxy) is 13. The van der Waals surface area contributed by atoms with Gasteiger partial charge in [0.2, 0.25) is 0 Å². The molecule has 54 heavy (non-hydrogen) atoms. The summed E-state index contributed by atoms with van der Waals surface area (Å²) >= 11 is 0. The Morgan fingerprint density at radius 2 is 0.574 bits per heavy atom. The van der Waals surface area contributed by atoms with Gasteiger partial charge in [-0.05, 0) is 37.5 Å². The van der Waals surface area contributed by atoms with E-state index in [9.17, 15) is 0 Å². The summed E-state index contributed by atoms with van der Waals surface area (Å²) in [5, 5.41) is 0. The quantitative estimate of drug-likeness (QED) is 0.0768. The van der Waals surface area contributed by atoms with Crippen molar-refractivity contribution in [2.75, 3.05) is 165 Å². The fourth-order valence-electron chi connectivity index (χ4n) is 4.82. The number of aryl methyl sites for hydroxylation is 1. The van der Waals surface area contributed by atoms with Gasteiger partial charge in [0.15, 0.2) is 0 Å². The van der Waals surface area contributed by atoms with Crippen LogP contribution in [0.1, 0.15) is 64.4 Å². The van der Waals surface area contributed by atoms with Crippen LogP contribution in [0.2, 0.25) is 0 Å². The first-order valence-electron chi connectivity index (χ1n) is 20.5. The lowest BCUT2D eigenvalue weighted by molar-refractivity contribution is -0.0284. The minimum Gasteiger partial charge on any atom is -0.491 e. The van der Waals surface area contributed by atoms with Crippen LogP contribution in [0.4, 0.5) is 0 Å². The zero-order valence-corrected chi connectivity index (χ0v) is 34.0. The summed E-state index contributed by atoms with van der Waals surface area (Å²) in [7, 11) is 0. The van der Waals surface area contributed by atoms with Crippen LogP contribution in [0.25, 0.3) is 0 Å². The number of hydrogen-bond donors (Lipinski definition) is 0. The molecule has 0 bridgehead atoms. The molecule has 0 aliphatic heterocycles. The molecule has 1 aromatic rings. The zero-order valence-electron chi connectivity index (χ0n) is 34.0. The molecule has 0 aliphatic carbocycles. The molecule has 0 N–H and O–H groups in total. The molecule has 0 atom stereocenters. The third-order valence-corrected chi connectivity index (χ3v) is 7.78. The predicted molar refractivity (Wildman–Crippen MR) is 209 cm³/mol. The third-order valence-electron chi connectivity index (χ3n) is 7.78. The van der Waals surface area contributed by atoms with Crippen molar-refractivity contribution in [2.45, 2.75) is 65.2 Å². The van der Waals surface area contributed by atoms with E-state index in [1.54, 1.807) is 0 Å². The van der Waals surface area contributed by atoms with Gasteiger partial charge in [-0.25, -0.2) is 0 Å². The lowest BCUT2D eigenvalue weighted by Gasteiger charge is -2.09. The van der Waals surface area contributed by atoms with Crippen LogP contribution >= 0.6 is 0 Å². The Kier molecular flexibility index (Phi) is 41.4. The SMILES string of the molecule is CCCCCCCCCc1ccc(OCCOCCOCCOCCOCCOCCOCCOCCOCCOCCOCCOCCOCC)cc1.